The van der Waals surface area contributed by atoms with Crippen molar-refractivity contribution in [1.82, 2.24) is 23.5 Å². The molecule has 4 heterocycles. The van der Waals surface area contributed by atoms with Crippen LogP contribution in [-0.4, -0.2) is 77.1 Å². The summed E-state index contributed by atoms with van der Waals surface area (Å²) >= 11 is 0. The number of hydrogen-bond donors (Lipinski definition) is 0. The first kappa shape index (κ1) is 24.0. The van der Waals surface area contributed by atoms with Gasteiger partial charge in [0.05, 0.1) is 10.6 Å². The lowest BCUT2D eigenvalue weighted by molar-refractivity contribution is -0.138. The molecular formula is C26H33N5O3S. The first-order chi connectivity index (χ1) is 16.8. The van der Waals surface area contributed by atoms with Gasteiger partial charge in [-0.05, 0) is 62.1 Å². The summed E-state index contributed by atoms with van der Waals surface area (Å²) in [6.45, 7) is 8.50. The van der Waals surface area contributed by atoms with Crippen LogP contribution in [0, 0.1) is 19.8 Å². The number of rotatable bonds is 5. The molecule has 2 fully saturated rings. The molecule has 9 heteroatoms. The highest BCUT2D eigenvalue weighted by Crippen LogP contribution is 2.26. The Bertz CT molecular complexity index is 1290. The molecule has 2 aromatic heterocycles. The molecule has 35 heavy (non-hydrogen) atoms. The average molecular weight is 496 g/mol. The van der Waals surface area contributed by atoms with Crippen molar-refractivity contribution in [2.75, 3.05) is 39.3 Å². The smallest absolute Gasteiger partial charge is 0.243 e. The van der Waals surface area contributed by atoms with E-state index in [1.165, 1.54) is 4.31 Å². The van der Waals surface area contributed by atoms with Crippen molar-refractivity contribution < 1.29 is 13.2 Å². The number of fused-ring (bicyclic) bond motifs is 1. The predicted molar refractivity (Wildman–Crippen MR) is 134 cm³/mol. The molecule has 2 aliphatic heterocycles. The van der Waals surface area contributed by atoms with Gasteiger partial charge in [0.1, 0.15) is 5.65 Å². The lowest BCUT2D eigenvalue weighted by atomic mass is 9.96. The molecular weight excluding hydrogens is 462 g/mol. The molecule has 0 saturated carbocycles. The number of aromatic nitrogens is 2. The highest BCUT2D eigenvalue weighted by Gasteiger charge is 2.34. The molecule has 0 N–H and O–H groups in total. The van der Waals surface area contributed by atoms with Crippen molar-refractivity contribution in [3.8, 4) is 0 Å². The number of aryl methyl sites for hydroxylation is 2. The first-order valence-electron chi connectivity index (χ1n) is 12.3. The summed E-state index contributed by atoms with van der Waals surface area (Å²) < 4.78 is 29.7. The van der Waals surface area contributed by atoms with E-state index in [1.807, 2.05) is 53.6 Å². The van der Waals surface area contributed by atoms with E-state index in [2.05, 4.69) is 16.1 Å². The zero-order chi connectivity index (χ0) is 24.6. The van der Waals surface area contributed by atoms with Crippen LogP contribution >= 0.6 is 0 Å². The Hall–Kier alpha value is -2.75. The van der Waals surface area contributed by atoms with Crippen LogP contribution in [0.5, 0.6) is 0 Å². The molecule has 0 atom stereocenters. The third-order valence-corrected chi connectivity index (χ3v) is 9.30. The molecule has 1 aromatic carbocycles. The van der Waals surface area contributed by atoms with Gasteiger partial charge in [-0.15, -0.1) is 0 Å². The van der Waals surface area contributed by atoms with Gasteiger partial charge in [0.25, 0.3) is 0 Å². The van der Waals surface area contributed by atoms with E-state index < -0.39 is 10.0 Å². The number of carbonyl (C=O) groups is 1. The van der Waals surface area contributed by atoms with E-state index in [1.54, 1.807) is 12.1 Å². The van der Waals surface area contributed by atoms with Crippen molar-refractivity contribution in [3.63, 3.8) is 0 Å². The molecule has 186 valence electrons. The lowest BCUT2D eigenvalue weighted by Gasteiger charge is -2.38. The number of hydrogen-bond acceptors (Lipinski definition) is 5. The largest absolute Gasteiger partial charge is 0.340 e. The van der Waals surface area contributed by atoms with E-state index in [0.29, 0.717) is 43.9 Å². The molecule has 2 aliphatic rings. The Morgan fingerprint density at radius 3 is 2.40 bits per heavy atom. The second-order valence-corrected chi connectivity index (χ2v) is 11.7. The number of amides is 1. The van der Waals surface area contributed by atoms with Gasteiger partial charge >= 0.3 is 0 Å². The molecule has 0 aliphatic carbocycles. The normalized spacial score (nSPS) is 18.9. The summed E-state index contributed by atoms with van der Waals surface area (Å²) in [5, 5.41) is 0. The Morgan fingerprint density at radius 1 is 0.971 bits per heavy atom. The van der Waals surface area contributed by atoms with E-state index in [-0.39, 0.29) is 11.8 Å². The van der Waals surface area contributed by atoms with Crippen molar-refractivity contribution >= 4 is 21.6 Å². The molecule has 1 amide bonds. The Balaban J connectivity index is 1.12. The van der Waals surface area contributed by atoms with Gasteiger partial charge in [-0.3, -0.25) is 9.69 Å². The van der Waals surface area contributed by atoms with Gasteiger partial charge < -0.3 is 9.30 Å². The number of imidazole rings is 1. The maximum Gasteiger partial charge on any atom is 0.243 e. The number of sulfonamides is 1. The van der Waals surface area contributed by atoms with Crippen LogP contribution in [0.2, 0.25) is 0 Å². The van der Waals surface area contributed by atoms with E-state index in [0.717, 1.165) is 42.1 Å². The SMILES string of the molecule is Cc1ccc(S(=O)(=O)N2CCC(C(=O)N3CCN(Cc4cn5ccccc5n4)CC3)CC2)cc1C. The van der Waals surface area contributed by atoms with Gasteiger partial charge in [0, 0.05) is 64.1 Å². The van der Waals surface area contributed by atoms with Crippen LogP contribution in [0.3, 0.4) is 0 Å². The van der Waals surface area contributed by atoms with Gasteiger partial charge in [0.15, 0.2) is 0 Å². The quantitative estimate of drug-likeness (QED) is 0.544. The molecule has 0 radical (unpaired) electrons. The minimum Gasteiger partial charge on any atom is -0.340 e. The molecule has 2 saturated heterocycles. The standard InChI is InChI=1S/C26H33N5O3S/c1-20-6-7-24(17-21(20)2)35(33,34)31-11-8-22(9-12-31)26(32)29-15-13-28(14-16-29)18-23-19-30-10-4-3-5-25(30)27-23/h3-7,10,17,19,22H,8-9,11-16,18H2,1-2H3. The van der Waals surface area contributed by atoms with Crippen LogP contribution < -0.4 is 0 Å². The number of piperidine rings is 1. The molecule has 5 rings (SSSR count). The third-order valence-electron chi connectivity index (χ3n) is 7.40. The zero-order valence-corrected chi connectivity index (χ0v) is 21.2. The maximum atomic E-state index is 13.2. The van der Waals surface area contributed by atoms with Crippen molar-refractivity contribution in [3.05, 3.63) is 65.6 Å². The third kappa shape index (κ3) is 4.98. The van der Waals surface area contributed by atoms with Crippen LogP contribution in [0.4, 0.5) is 0 Å². The summed E-state index contributed by atoms with van der Waals surface area (Å²) in [6.07, 6.45) is 5.21. The minimum absolute atomic E-state index is 0.105. The summed E-state index contributed by atoms with van der Waals surface area (Å²) in [4.78, 5) is 22.5. The lowest BCUT2D eigenvalue weighted by Crippen LogP contribution is -2.51. The zero-order valence-electron chi connectivity index (χ0n) is 20.4. The fraction of sp³-hybridized carbons (Fsp3) is 0.462. The molecule has 3 aromatic rings. The second-order valence-electron chi connectivity index (χ2n) is 9.72. The Labute approximate surface area is 207 Å². The fourth-order valence-corrected chi connectivity index (χ4v) is 6.60. The average Bonchev–Trinajstić information content (AvgIpc) is 3.28. The summed E-state index contributed by atoms with van der Waals surface area (Å²) in [6, 6.07) is 11.3. The molecule has 0 spiro atoms. The fourth-order valence-electron chi connectivity index (χ4n) is 5.04. The second kappa shape index (κ2) is 9.72. The minimum atomic E-state index is -3.53. The number of benzene rings is 1. The number of pyridine rings is 1. The van der Waals surface area contributed by atoms with Crippen molar-refractivity contribution in [2.24, 2.45) is 5.92 Å². The Kier molecular flexibility index (Phi) is 6.65. The first-order valence-corrected chi connectivity index (χ1v) is 13.8. The van der Waals surface area contributed by atoms with Gasteiger partial charge in [-0.2, -0.15) is 4.31 Å². The summed E-state index contributed by atoms with van der Waals surface area (Å²) in [5.41, 5.74) is 4.03. The van der Waals surface area contributed by atoms with Crippen LogP contribution in [0.1, 0.15) is 29.7 Å². The summed E-state index contributed by atoms with van der Waals surface area (Å²) in [5.74, 6) is 0.0619. The monoisotopic (exact) mass is 495 g/mol. The van der Waals surface area contributed by atoms with Crippen molar-refractivity contribution in [1.29, 1.82) is 0 Å². The summed E-state index contributed by atoms with van der Waals surface area (Å²) in [7, 11) is -3.53. The molecule has 0 bridgehead atoms. The van der Waals surface area contributed by atoms with Crippen LogP contribution in [0.25, 0.3) is 5.65 Å². The maximum absolute atomic E-state index is 13.2. The highest BCUT2D eigenvalue weighted by atomic mass is 32.2. The van der Waals surface area contributed by atoms with E-state index >= 15 is 0 Å². The van der Waals surface area contributed by atoms with Crippen LogP contribution in [0.15, 0.2) is 53.7 Å². The highest BCUT2D eigenvalue weighted by molar-refractivity contribution is 7.89. The van der Waals surface area contributed by atoms with E-state index in [4.69, 9.17) is 0 Å². The van der Waals surface area contributed by atoms with Gasteiger partial charge in [0.2, 0.25) is 15.9 Å². The van der Waals surface area contributed by atoms with E-state index in [9.17, 15) is 13.2 Å². The Morgan fingerprint density at radius 2 is 1.71 bits per heavy atom. The molecule has 0 unspecified atom stereocenters. The number of nitrogens with zero attached hydrogens (tertiary/aromatic N) is 5. The predicted octanol–water partition coefficient (Wildman–Crippen LogP) is 2.70. The number of piperazine rings is 1. The van der Waals surface area contributed by atoms with Crippen LogP contribution in [-0.2, 0) is 21.4 Å². The van der Waals surface area contributed by atoms with Gasteiger partial charge in [-0.1, -0.05) is 12.1 Å². The molecule has 8 nitrogen and oxygen atoms in total. The topological polar surface area (TPSA) is 78.2 Å². The number of carbonyl (C=O) groups excluding carboxylic acids is 1. The van der Waals surface area contributed by atoms with Gasteiger partial charge in [-0.25, -0.2) is 13.4 Å². The van der Waals surface area contributed by atoms with Crippen molar-refractivity contribution in [2.45, 2.75) is 38.1 Å².